The average molecular weight is 625 g/mol. The van der Waals surface area contributed by atoms with E-state index in [1.54, 1.807) is 0 Å². The van der Waals surface area contributed by atoms with E-state index >= 15 is 0 Å². The fourth-order valence-corrected chi connectivity index (χ4v) is 7.31. The van der Waals surface area contributed by atoms with Gasteiger partial charge in [-0.25, -0.2) is 9.97 Å². The molecule has 3 heteroatoms. The Hall–Kier alpha value is -6.58. The average Bonchev–Trinajstić information content (AvgIpc) is 3.55. The van der Waals surface area contributed by atoms with Crippen LogP contribution >= 0.6 is 0 Å². The van der Waals surface area contributed by atoms with Crippen molar-refractivity contribution in [2.45, 2.75) is 0 Å². The molecule has 0 aliphatic carbocycles. The van der Waals surface area contributed by atoms with E-state index in [0.29, 0.717) is 0 Å². The summed E-state index contributed by atoms with van der Waals surface area (Å²) in [6.07, 6.45) is 0. The molecule has 0 fully saturated rings. The number of hydrogen-bond donors (Lipinski definition) is 0. The molecule has 0 unspecified atom stereocenters. The van der Waals surface area contributed by atoms with Gasteiger partial charge in [0, 0.05) is 49.0 Å². The molecule has 0 aliphatic heterocycles. The van der Waals surface area contributed by atoms with Crippen LogP contribution in [0.5, 0.6) is 0 Å². The summed E-state index contributed by atoms with van der Waals surface area (Å²) in [7, 11) is 0. The van der Waals surface area contributed by atoms with E-state index in [0.717, 1.165) is 88.3 Å². The molecule has 0 saturated heterocycles. The molecule has 0 saturated carbocycles. The van der Waals surface area contributed by atoms with Gasteiger partial charge in [0.25, 0.3) is 0 Å². The Morgan fingerprint density at radius 1 is 0.367 bits per heavy atom. The van der Waals surface area contributed by atoms with Gasteiger partial charge in [-0.3, -0.25) is 0 Å². The van der Waals surface area contributed by atoms with Gasteiger partial charge in [0.2, 0.25) is 0 Å². The summed E-state index contributed by atoms with van der Waals surface area (Å²) in [4.78, 5) is 10.2. The van der Waals surface area contributed by atoms with Gasteiger partial charge in [-0.15, -0.1) is 0 Å². The Balaban J connectivity index is 1.13. The van der Waals surface area contributed by atoms with E-state index < -0.39 is 0 Å². The Morgan fingerprint density at radius 2 is 1.00 bits per heavy atom. The van der Waals surface area contributed by atoms with Gasteiger partial charge in [-0.2, -0.15) is 0 Å². The number of nitrogens with zero attached hydrogens (tertiary/aromatic N) is 2. The van der Waals surface area contributed by atoms with Gasteiger partial charge >= 0.3 is 0 Å². The van der Waals surface area contributed by atoms with Crippen molar-refractivity contribution in [2.75, 3.05) is 0 Å². The molecule has 0 N–H and O–H groups in total. The molecule has 0 spiro atoms. The molecular formula is C46H28N2O. The lowest BCUT2D eigenvalue weighted by Gasteiger charge is -2.16. The highest BCUT2D eigenvalue weighted by Crippen LogP contribution is 2.46. The van der Waals surface area contributed by atoms with E-state index in [1.165, 1.54) is 10.9 Å². The monoisotopic (exact) mass is 624 g/mol. The fourth-order valence-electron chi connectivity index (χ4n) is 7.31. The van der Waals surface area contributed by atoms with Crippen molar-refractivity contribution in [1.82, 2.24) is 9.97 Å². The zero-order valence-corrected chi connectivity index (χ0v) is 26.5. The molecule has 0 amide bonds. The lowest BCUT2D eigenvalue weighted by atomic mass is 9.89. The maximum Gasteiger partial charge on any atom is 0.136 e. The molecule has 0 atom stereocenters. The van der Waals surface area contributed by atoms with Crippen LogP contribution in [-0.2, 0) is 0 Å². The lowest BCUT2D eigenvalue weighted by molar-refractivity contribution is 0.669. The summed E-state index contributed by atoms with van der Waals surface area (Å²) in [6, 6.07) is 59.6. The van der Waals surface area contributed by atoms with Crippen LogP contribution in [0, 0.1) is 0 Å². The summed E-state index contributed by atoms with van der Waals surface area (Å²) >= 11 is 0. The van der Waals surface area contributed by atoms with Crippen LogP contribution in [0.25, 0.3) is 99.3 Å². The molecule has 228 valence electrons. The van der Waals surface area contributed by atoms with Crippen LogP contribution in [0.3, 0.4) is 0 Å². The minimum Gasteiger partial charge on any atom is -0.456 e. The van der Waals surface area contributed by atoms with Crippen molar-refractivity contribution in [3.63, 3.8) is 0 Å². The summed E-state index contributed by atoms with van der Waals surface area (Å²) in [5.41, 5.74) is 12.4. The Labute approximate surface area is 282 Å². The maximum absolute atomic E-state index is 6.53. The predicted molar refractivity (Wildman–Crippen MR) is 204 cm³/mol. The topological polar surface area (TPSA) is 38.9 Å². The molecule has 10 rings (SSSR count). The van der Waals surface area contributed by atoms with Crippen molar-refractivity contribution in [3.8, 4) is 44.8 Å². The second-order valence-corrected chi connectivity index (χ2v) is 12.5. The van der Waals surface area contributed by atoms with Crippen LogP contribution in [0.15, 0.2) is 174 Å². The third-order valence-electron chi connectivity index (χ3n) is 9.66. The largest absolute Gasteiger partial charge is 0.456 e. The smallest absolute Gasteiger partial charge is 0.136 e. The minimum absolute atomic E-state index is 0.864. The van der Waals surface area contributed by atoms with Crippen molar-refractivity contribution < 1.29 is 4.42 Å². The molecule has 3 nitrogen and oxygen atoms in total. The second kappa shape index (κ2) is 11.0. The van der Waals surface area contributed by atoms with Gasteiger partial charge < -0.3 is 4.42 Å². The number of benzene rings is 7. The number of pyridine rings is 2. The zero-order chi connectivity index (χ0) is 32.3. The van der Waals surface area contributed by atoms with Gasteiger partial charge in [0.05, 0.1) is 22.4 Å². The molecule has 0 aliphatic rings. The first-order valence-corrected chi connectivity index (χ1v) is 16.6. The molecule has 3 heterocycles. The number of hydrogen-bond acceptors (Lipinski definition) is 3. The summed E-state index contributed by atoms with van der Waals surface area (Å²) in [5, 5.41) is 6.79. The number of aromatic nitrogens is 2. The Bertz CT molecular complexity index is 2850. The maximum atomic E-state index is 6.53. The first-order valence-electron chi connectivity index (χ1n) is 16.6. The fraction of sp³-hybridized carbons (Fsp3) is 0. The van der Waals surface area contributed by atoms with Gasteiger partial charge in [0.1, 0.15) is 11.2 Å². The standard InChI is InChI=1S/C46H28N2O/c1-2-11-33(12-3-1)43-44-35-13-5-8-16-40(35)48-46(37(44)28-42-45(43)36-14-6-9-17-41(36)49-42)34-24-20-30(21-25-34)29-18-22-32(23-19-29)39-27-26-31-10-4-7-15-38(31)47-39/h1-28H. The lowest BCUT2D eigenvalue weighted by Crippen LogP contribution is -1.93. The van der Waals surface area contributed by atoms with Gasteiger partial charge in [0.15, 0.2) is 0 Å². The number of para-hydroxylation sites is 3. The highest BCUT2D eigenvalue weighted by Gasteiger charge is 2.21. The van der Waals surface area contributed by atoms with Crippen molar-refractivity contribution in [1.29, 1.82) is 0 Å². The molecule has 3 aromatic heterocycles. The van der Waals surface area contributed by atoms with Crippen LogP contribution in [0.1, 0.15) is 0 Å². The Kier molecular flexibility index (Phi) is 6.18. The molecule has 49 heavy (non-hydrogen) atoms. The van der Waals surface area contributed by atoms with E-state index in [2.05, 4.69) is 152 Å². The minimum atomic E-state index is 0.864. The van der Waals surface area contributed by atoms with Crippen LogP contribution in [0.4, 0.5) is 0 Å². The van der Waals surface area contributed by atoms with Crippen LogP contribution in [0.2, 0.25) is 0 Å². The summed E-state index contributed by atoms with van der Waals surface area (Å²) < 4.78 is 6.53. The number of furan rings is 1. The SMILES string of the molecule is c1ccc(-c2c3c(cc4c(-c5ccc(-c6ccc(-c7ccc8ccccc8n7)cc6)cc5)nc5ccccc5c24)oc2ccccc23)cc1. The van der Waals surface area contributed by atoms with Crippen LogP contribution < -0.4 is 0 Å². The molecule has 0 bridgehead atoms. The normalized spacial score (nSPS) is 11.7. The van der Waals surface area contributed by atoms with Crippen molar-refractivity contribution in [2.24, 2.45) is 0 Å². The number of rotatable bonds is 4. The highest BCUT2D eigenvalue weighted by molar-refractivity contribution is 6.27. The molecule has 7 aromatic carbocycles. The van der Waals surface area contributed by atoms with E-state index in [4.69, 9.17) is 14.4 Å². The predicted octanol–water partition coefficient (Wildman–Crippen LogP) is 12.5. The number of fused-ring (bicyclic) bond motifs is 7. The third kappa shape index (κ3) is 4.51. The zero-order valence-electron chi connectivity index (χ0n) is 26.5. The summed E-state index contributed by atoms with van der Waals surface area (Å²) in [5.74, 6) is 0. The van der Waals surface area contributed by atoms with E-state index in [9.17, 15) is 0 Å². The first kappa shape index (κ1) is 27.5. The van der Waals surface area contributed by atoms with Crippen molar-refractivity contribution >= 4 is 54.5 Å². The van der Waals surface area contributed by atoms with E-state index in [1.807, 2.05) is 18.2 Å². The highest BCUT2D eigenvalue weighted by atomic mass is 16.3. The second-order valence-electron chi connectivity index (χ2n) is 12.5. The molecule has 0 radical (unpaired) electrons. The van der Waals surface area contributed by atoms with E-state index in [-0.39, 0.29) is 0 Å². The van der Waals surface area contributed by atoms with Crippen molar-refractivity contribution in [3.05, 3.63) is 170 Å². The molecular weight excluding hydrogens is 597 g/mol. The third-order valence-corrected chi connectivity index (χ3v) is 9.66. The van der Waals surface area contributed by atoms with Gasteiger partial charge in [-0.1, -0.05) is 140 Å². The molecule has 10 aromatic rings. The Morgan fingerprint density at radius 3 is 1.80 bits per heavy atom. The summed E-state index contributed by atoms with van der Waals surface area (Å²) in [6.45, 7) is 0. The van der Waals surface area contributed by atoms with Gasteiger partial charge in [-0.05, 0) is 47.0 Å². The van der Waals surface area contributed by atoms with Crippen LogP contribution in [-0.4, -0.2) is 9.97 Å². The quantitative estimate of drug-likeness (QED) is 0.183. The first-order chi connectivity index (χ1) is 24.3.